The van der Waals surface area contributed by atoms with E-state index < -0.39 is 16.6 Å². The van der Waals surface area contributed by atoms with Crippen LogP contribution < -0.4 is 0 Å². The molecule has 1 aliphatic carbocycles. The summed E-state index contributed by atoms with van der Waals surface area (Å²) in [6, 6.07) is 10.8. The predicted octanol–water partition coefficient (Wildman–Crippen LogP) is 7.92. The van der Waals surface area contributed by atoms with Gasteiger partial charge in [-0.15, -0.1) is 0 Å². The third-order valence-electron chi connectivity index (χ3n) is 8.19. The topological polar surface area (TPSA) is 36.9 Å². The third kappa shape index (κ3) is 8.03. The first-order chi connectivity index (χ1) is 16.3. The number of rotatable bonds is 11. The van der Waals surface area contributed by atoms with Crippen LogP contribution in [0.5, 0.6) is 0 Å². The molecule has 2 aliphatic rings. The van der Waals surface area contributed by atoms with Crippen LogP contribution in [-0.2, 0) is 24.7 Å². The molecule has 1 aliphatic heterocycles. The van der Waals surface area contributed by atoms with Crippen LogP contribution in [0.1, 0.15) is 58.4 Å². The fraction of sp³-hybridized carbons (Fsp3) is 0.724. The van der Waals surface area contributed by atoms with Crippen LogP contribution in [0.25, 0.3) is 0 Å². The number of methoxy groups -OCH3 is 1. The summed E-state index contributed by atoms with van der Waals surface area (Å²) in [7, 11) is -1.72. The zero-order chi connectivity index (χ0) is 25.9. The van der Waals surface area contributed by atoms with Crippen molar-refractivity contribution in [3.8, 4) is 0 Å². The maximum Gasteiger partial charge on any atom is 0.241 e. The molecule has 1 unspecified atom stereocenters. The smallest absolute Gasteiger partial charge is 0.241 e. The molecule has 5 atom stereocenters. The van der Waals surface area contributed by atoms with Crippen molar-refractivity contribution in [1.82, 2.24) is 0 Å². The summed E-state index contributed by atoms with van der Waals surface area (Å²) in [4.78, 5) is 0. The molecule has 1 saturated heterocycles. The Kier molecular flexibility index (Phi) is 9.52. The van der Waals surface area contributed by atoms with Gasteiger partial charge < -0.3 is 18.3 Å². The van der Waals surface area contributed by atoms with Crippen molar-refractivity contribution in [2.45, 2.75) is 116 Å². The molecule has 4 nitrogen and oxygen atoms in total. The molecule has 35 heavy (non-hydrogen) atoms. The van der Waals surface area contributed by atoms with E-state index >= 15 is 0 Å². The Bertz CT molecular complexity index is 825. The number of hydrogen-bond acceptors (Lipinski definition) is 4. The number of aryl methyl sites for hydroxylation is 1. The zero-order valence-electron chi connectivity index (χ0n) is 23.7. The van der Waals surface area contributed by atoms with Crippen LogP contribution in [0.4, 0.5) is 0 Å². The minimum Gasteiger partial charge on any atom is -0.550 e. The number of ether oxygens (including phenoxy) is 2. The molecule has 0 amide bonds. The van der Waals surface area contributed by atoms with Gasteiger partial charge in [0.05, 0.1) is 12.4 Å². The van der Waals surface area contributed by atoms with Gasteiger partial charge in [-0.3, -0.25) is 0 Å². The van der Waals surface area contributed by atoms with E-state index in [0.717, 1.165) is 38.5 Å². The fourth-order valence-corrected chi connectivity index (χ4v) is 7.07. The monoisotopic (exact) mass is 518 g/mol. The number of benzene rings is 1. The molecule has 1 aromatic rings. The number of fused-ring (bicyclic) bond motifs is 1. The van der Waals surface area contributed by atoms with Crippen LogP contribution in [0.3, 0.4) is 0 Å². The van der Waals surface area contributed by atoms with Gasteiger partial charge in [-0.05, 0) is 92.8 Å². The molecule has 0 aromatic heterocycles. The lowest BCUT2D eigenvalue weighted by Crippen LogP contribution is -2.44. The quantitative estimate of drug-likeness (QED) is 0.220. The molecule has 0 N–H and O–H groups in total. The van der Waals surface area contributed by atoms with Gasteiger partial charge >= 0.3 is 0 Å². The van der Waals surface area contributed by atoms with E-state index in [4.69, 9.17) is 18.3 Å². The standard InChI is InChI=1S/C29H50O4Si2/c1-29(2,3)35(8,9)33-24(16-15-22-13-11-10-12-14-22)17-18-25-23(21-31-34(5,6)7)19-27-26(25)20-28(30-4)32-27/h10-14,21,24-28H,15-20H2,1-9H3/b23-21-/t24-,25-,26+,27-,28?/m0/s1. The minimum absolute atomic E-state index is 0.0654. The highest BCUT2D eigenvalue weighted by Gasteiger charge is 2.47. The van der Waals surface area contributed by atoms with Gasteiger partial charge in [-0.2, -0.15) is 0 Å². The van der Waals surface area contributed by atoms with Crippen molar-refractivity contribution in [2.75, 3.05) is 7.11 Å². The largest absolute Gasteiger partial charge is 0.550 e. The second-order valence-electron chi connectivity index (χ2n) is 13.1. The van der Waals surface area contributed by atoms with Gasteiger partial charge in [0.15, 0.2) is 14.6 Å². The second kappa shape index (κ2) is 11.6. The highest BCUT2D eigenvalue weighted by Crippen LogP contribution is 2.49. The second-order valence-corrected chi connectivity index (χ2v) is 22.3. The number of hydrogen-bond donors (Lipinski definition) is 0. The Hall–Kier alpha value is -0.926. The Morgan fingerprint density at radius 2 is 1.74 bits per heavy atom. The average Bonchev–Trinajstić information content (AvgIpc) is 3.31. The van der Waals surface area contributed by atoms with Crippen LogP contribution >= 0.6 is 0 Å². The molecule has 1 aromatic carbocycles. The van der Waals surface area contributed by atoms with E-state index in [0.29, 0.717) is 11.8 Å². The van der Waals surface area contributed by atoms with Crippen molar-refractivity contribution >= 4 is 16.6 Å². The van der Waals surface area contributed by atoms with Gasteiger partial charge in [0.2, 0.25) is 8.32 Å². The molecule has 0 bridgehead atoms. The maximum atomic E-state index is 7.03. The molecule has 198 valence electrons. The fourth-order valence-electron chi connectivity index (χ4n) is 5.14. The summed E-state index contributed by atoms with van der Waals surface area (Å²) in [5.74, 6) is 0.998. The van der Waals surface area contributed by atoms with E-state index in [-0.39, 0.29) is 23.5 Å². The molecule has 1 heterocycles. The first-order valence-corrected chi connectivity index (χ1v) is 19.9. The predicted molar refractivity (Wildman–Crippen MR) is 150 cm³/mol. The molecule has 3 rings (SSSR count). The van der Waals surface area contributed by atoms with E-state index in [1.807, 2.05) is 0 Å². The van der Waals surface area contributed by atoms with Gasteiger partial charge in [-0.1, -0.05) is 51.1 Å². The van der Waals surface area contributed by atoms with Crippen molar-refractivity contribution in [3.63, 3.8) is 0 Å². The summed E-state index contributed by atoms with van der Waals surface area (Å²) < 4.78 is 25.1. The minimum atomic E-state index is -1.86. The molecular weight excluding hydrogens is 468 g/mol. The lowest BCUT2D eigenvalue weighted by atomic mass is 9.86. The van der Waals surface area contributed by atoms with Crippen LogP contribution in [0, 0.1) is 11.8 Å². The van der Waals surface area contributed by atoms with Crippen molar-refractivity contribution in [2.24, 2.45) is 11.8 Å². The Labute approximate surface area is 217 Å². The Morgan fingerprint density at radius 3 is 2.34 bits per heavy atom. The Balaban J connectivity index is 1.74. The lowest BCUT2D eigenvalue weighted by Gasteiger charge is -2.40. The van der Waals surface area contributed by atoms with Crippen LogP contribution in [0.2, 0.25) is 37.8 Å². The molecule has 1 saturated carbocycles. The van der Waals surface area contributed by atoms with Crippen molar-refractivity contribution in [1.29, 1.82) is 0 Å². The zero-order valence-corrected chi connectivity index (χ0v) is 25.7. The van der Waals surface area contributed by atoms with E-state index in [2.05, 4.69) is 90.1 Å². The highest BCUT2D eigenvalue weighted by atomic mass is 28.4. The molecular formula is C29H50O4Si2. The normalized spacial score (nSPS) is 27.3. The van der Waals surface area contributed by atoms with Crippen molar-refractivity contribution in [3.05, 3.63) is 47.7 Å². The van der Waals surface area contributed by atoms with E-state index in [9.17, 15) is 0 Å². The summed E-state index contributed by atoms with van der Waals surface area (Å²) in [5, 5.41) is 0.206. The first kappa shape index (κ1) is 28.6. The maximum absolute atomic E-state index is 7.03. The Morgan fingerprint density at radius 1 is 1.06 bits per heavy atom. The SMILES string of the molecule is COC1C[C@H]2[C@H](C/C(=C/O[Si](C)(C)C)[C@@H]2CC[C@H](CCc2ccccc2)O[Si](C)(C)C(C)(C)C)O1. The van der Waals surface area contributed by atoms with Gasteiger partial charge in [0.25, 0.3) is 0 Å². The van der Waals surface area contributed by atoms with Crippen molar-refractivity contribution < 1.29 is 18.3 Å². The van der Waals surface area contributed by atoms with Gasteiger partial charge in [-0.25, -0.2) is 0 Å². The summed E-state index contributed by atoms with van der Waals surface area (Å²) in [6.07, 6.45) is 8.85. The lowest BCUT2D eigenvalue weighted by molar-refractivity contribution is -0.113. The third-order valence-corrected chi connectivity index (χ3v) is 13.6. The summed E-state index contributed by atoms with van der Waals surface area (Å²) in [5.41, 5.74) is 2.83. The molecule has 0 spiro atoms. The van der Waals surface area contributed by atoms with Gasteiger partial charge in [0, 0.05) is 19.6 Å². The first-order valence-electron chi connectivity index (χ1n) is 13.6. The van der Waals surface area contributed by atoms with Crippen LogP contribution in [0.15, 0.2) is 42.2 Å². The van der Waals surface area contributed by atoms with Gasteiger partial charge in [0.1, 0.15) is 0 Å². The summed E-state index contributed by atoms with van der Waals surface area (Å²) >= 11 is 0. The average molecular weight is 519 g/mol. The summed E-state index contributed by atoms with van der Waals surface area (Å²) in [6.45, 7) is 18.5. The van der Waals surface area contributed by atoms with E-state index in [1.54, 1.807) is 7.11 Å². The van der Waals surface area contributed by atoms with E-state index in [1.165, 1.54) is 11.1 Å². The molecule has 0 radical (unpaired) electrons. The molecule has 6 heteroatoms. The van der Waals surface area contributed by atoms with Crippen LogP contribution in [-0.4, -0.2) is 42.2 Å². The highest BCUT2D eigenvalue weighted by molar-refractivity contribution is 6.74. The molecule has 2 fully saturated rings.